The van der Waals surface area contributed by atoms with Crippen LogP contribution in [0.15, 0.2) is 54.6 Å². The molecule has 0 aliphatic heterocycles. The lowest BCUT2D eigenvalue weighted by Crippen LogP contribution is -2.34. The highest BCUT2D eigenvalue weighted by molar-refractivity contribution is 7.80. The zero-order valence-electron chi connectivity index (χ0n) is 17.4. The largest absolute Gasteiger partial charge is 0.491 e. The minimum absolute atomic E-state index is 0.00976. The fraction of sp³-hybridized carbons (Fsp3) is 0.348. The predicted octanol–water partition coefficient (Wildman–Crippen LogP) is 4.24. The highest BCUT2D eigenvalue weighted by atomic mass is 32.1. The van der Waals surface area contributed by atoms with Gasteiger partial charge in [-0.25, -0.2) is 0 Å². The van der Waals surface area contributed by atoms with Crippen molar-refractivity contribution in [1.82, 2.24) is 5.32 Å². The molecule has 0 saturated heterocycles. The third-order valence-corrected chi connectivity index (χ3v) is 4.19. The van der Waals surface area contributed by atoms with E-state index in [2.05, 4.69) is 10.6 Å². The highest BCUT2D eigenvalue weighted by Crippen LogP contribution is 2.18. The van der Waals surface area contributed by atoms with Gasteiger partial charge in [0, 0.05) is 18.2 Å². The first-order chi connectivity index (χ1) is 14.4. The standard InChI is InChI=1S/C23H28N2O4S/c1-17(2)29-20-12-6-11-19(16-20)24-23(30)25-21(26)13-14-22(27)28-15-7-10-18-8-4-3-5-9-18/h3-6,8-9,11-12,16-17H,7,10,13-15H2,1-2H3,(H2,24,25,26,30). The summed E-state index contributed by atoms with van der Waals surface area (Å²) in [7, 11) is 0. The first kappa shape index (κ1) is 23.3. The van der Waals surface area contributed by atoms with Crippen molar-refractivity contribution in [2.24, 2.45) is 0 Å². The highest BCUT2D eigenvalue weighted by Gasteiger charge is 2.10. The number of carbonyl (C=O) groups excluding carboxylic acids is 2. The Morgan fingerprint density at radius 1 is 1.03 bits per heavy atom. The van der Waals surface area contributed by atoms with Gasteiger partial charge in [-0.05, 0) is 56.6 Å². The third-order valence-electron chi connectivity index (χ3n) is 3.99. The Balaban J connectivity index is 1.62. The van der Waals surface area contributed by atoms with Gasteiger partial charge in [0.1, 0.15) is 5.75 Å². The van der Waals surface area contributed by atoms with E-state index in [1.807, 2.05) is 62.4 Å². The summed E-state index contributed by atoms with van der Waals surface area (Å²) in [5, 5.41) is 5.67. The Labute approximate surface area is 183 Å². The summed E-state index contributed by atoms with van der Waals surface area (Å²) in [5.41, 5.74) is 1.91. The molecule has 0 aliphatic carbocycles. The van der Waals surface area contributed by atoms with Crippen molar-refractivity contribution in [2.45, 2.75) is 45.6 Å². The smallest absolute Gasteiger partial charge is 0.306 e. The van der Waals surface area contributed by atoms with E-state index in [0.717, 1.165) is 12.8 Å². The number of hydrogen-bond donors (Lipinski definition) is 2. The average Bonchev–Trinajstić information content (AvgIpc) is 2.70. The van der Waals surface area contributed by atoms with Crippen molar-refractivity contribution < 1.29 is 19.1 Å². The molecule has 7 heteroatoms. The minimum atomic E-state index is -0.393. The van der Waals surface area contributed by atoms with Gasteiger partial charge >= 0.3 is 5.97 Å². The number of carbonyl (C=O) groups is 2. The van der Waals surface area contributed by atoms with Crippen molar-refractivity contribution in [1.29, 1.82) is 0 Å². The average molecular weight is 429 g/mol. The second kappa shape index (κ2) is 12.6. The molecule has 0 aromatic heterocycles. The van der Waals surface area contributed by atoms with Crippen molar-refractivity contribution in [3.63, 3.8) is 0 Å². The summed E-state index contributed by atoms with van der Waals surface area (Å²) in [6.07, 6.45) is 1.67. The van der Waals surface area contributed by atoms with E-state index in [9.17, 15) is 9.59 Å². The molecule has 0 fully saturated rings. The van der Waals surface area contributed by atoms with E-state index in [1.54, 1.807) is 6.07 Å². The first-order valence-electron chi connectivity index (χ1n) is 9.99. The van der Waals surface area contributed by atoms with E-state index < -0.39 is 5.97 Å². The molecule has 0 unspecified atom stereocenters. The molecule has 6 nitrogen and oxygen atoms in total. The number of aryl methyl sites for hydroxylation is 1. The lowest BCUT2D eigenvalue weighted by Gasteiger charge is -2.13. The summed E-state index contributed by atoms with van der Waals surface area (Å²) >= 11 is 5.16. The molecule has 0 atom stereocenters. The van der Waals surface area contributed by atoms with Crippen LogP contribution >= 0.6 is 12.2 Å². The van der Waals surface area contributed by atoms with Gasteiger partial charge in [0.2, 0.25) is 5.91 Å². The second-order valence-electron chi connectivity index (χ2n) is 7.01. The van der Waals surface area contributed by atoms with Crippen LogP contribution in [-0.4, -0.2) is 29.7 Å². The SMILES string of the molecule is CC(C)Oc1cccc(NC(=S)NC(=O)CCC(=O)OCCCc2ccccc2)c1. The molecule has 0 bridgehead atoms. The summed E-state index contributed by atoms with van der Waals surface area (Å²) in [6, 6.07) is 17.3. The number of benzene rings is 2. The molecule has 0 heterocycles. The van der Waals surface area contributed by atoms with E-state index in [4.69, 9.17) is 21.7 Å². The molecule has 2 aromatic rings. The van der Waals surface area contributed by atoms with Crippen LogP contribution < -0.4 is 15.4 Å². The quantitative estimate of drug-likeness (QED) is 0.335. The molecular formula is C23H28N2O4S. The number of thiocarbonyl (C=S) groups is 1. The predicted molar refractivity (Wildman–Crippen MR) is 122 cm³/mol. The number of anilines is 1. The summed E-state index contributed by atoms with van der Waals surface area (Å²) in [6.45, 7) is 4.22. The number of ether oxygens (including phenoxy) is 2. The van der Waals surface area contributed by atoms with Crippen molar-refractivity contribution in [3.05, 3.63) is 60.2 Å². The van der Waals surface area contributed by atoms with Crippen molar-refractivity contribution >= 4 is 34.9 Å². The Bertz CT molecular complexity index is 840. The molecule has 0 spiro atoms. The second-order valence-corrected chi connectivity index (χ2v) is 7.41. The van der Waals surface area contributed by atoms with Gasteiger partial charge in [0.05, 0.1) is 19.1 Å². The van der Waals surface area contributed by atoms with E-state index in [0.29, 0.717) is 18.0 Å². The Morgan fingerprint density at radius 3 is 2.53 bits per heavy atom. The Kier molecular flexibility index (Phi) is 9.80. The zero-order chi connectivity index (χ0) is 21.8. The molecule has 2 aromatic carbocycles. The molecule has 2 N–H and O–H groups in total. The maximum Gasteiger partial charge on any atom is 0.306 e. The number of rotatable bonds is 10. The monoisotopic (exact) mass is 428 g/mol. The topological polar surface area (TPSA) is 76.7 Å². The van der Waals surface area contributed by atoms with Crippen LogP contribution in [0.25, 0.3) is 0 Å². The number of esters is 1. The molecule has 2 rings (SSSR count). The number of nitrogens with one attached hydrogen (secondary N) is 2. The van der Waals surface area contributed by atoms with Crippen molar-refractivity contribution in [3.8, 4) is 5.75 Å². The van der Waals surface area contributed by atoms with Crippen LogP contribution in [-0.2, 0) is 20.7 Å². The van der Waals surface area contributed by atoms with Gasteiger partial charge in [-0.1, -0.05) is 36.4 Å². The van der Waals surface area contributed by atoms with Crippen LogP contribution in [0, 0.1) is 0 Å². The van der Waals surface area contributed by atoms with Crippen LogP contribution in [0.3, 0.4) is 0 Å². The zero-order valence-corrected chi connectivity index (χ0v) is 18.2. The van der Waals surface area contributed by atoms with Crippen molar-refractivity contribution in [2.75, 3.05) is 11.9 Å². The molecule has 0 radical (unpaired) electrons. The Morgan fingerprint density at radius 2 is 1.80 bits per heavy atom. The van der Waals surface area contributed by atoms with Gasteiger partial charge in [0.25, 0.3) is 0 Å². The summed E-state index contributed by atoms with van der Waals surface area (Å²) in [5.74, 6) is -0.0296. The molecule has 0 aliphatic rings. The maximum atomic E-state index is 12.0. The lowest BCUT2D eigenvalue weighted by molar-refractivity contribution is -0.145. The molecule has 0 saturated carbocycles. The fourth-order valence-electron chi connectivity index (χ4n) is 2.67. The van der Waals surface area contributed by atoms with Gasteiger partial charge in [-0.2, -0.15) is 0 Å². The fourth-order valence-corrected chi connectivity index (χ4v) is 2.90. The van der Waals surface area contributed by atoms with E-state index in [1.165, 1.54) is 5.56 Å². The first-order valence-corrected chi connectivity index (χ1v) is 10.4. The normalized spacial score (nSPS) is 10.4. The number of amides is 1. The van der Waals surface area contributed by atoms with Crippen LogP contribution in [0.5, 0.6) is 5.75 Å². The van der Waals surface area contributed by atoms with Gasteiger partial charge in [-0.3, -0.25) is 9.59 Å². The Hall–Kier alpha value is -2.93. The third kappa shape index (κ3) is 9.52. The van der Waals surface area contributed by atoms with E-state index >= 15 is 0 Å². The molecule has 160 valence electrons. The van der Waals surface area contributed by atoms with Crippen LogP contribution in [0.1, 0.15) is 38.7 Å². The lowest BCUT2D eigenvalue weighted by atomic mass is 10.1. The van der Waals surface area contributed by atoms with Gasteiger partial charge in [0.15, 0.2) is 5.11 Å². The molecular weight excluding hydrogens is 400 g/mol. The van der Waals surface area contributed by atoms with Crippen LogP contribution in [0.4, 0.5) is 5.69 Å². The van der Waals surface area contributed by atoms with Crippen LogP contribution in [0.2, 0.25) is 0 Å². The summed E-state index contributed by atoms with van der Waals surface area (Å²) in [4.78, 5) is 23.8. The molecule has 1 amide bonds. The maximum absolute atomic E-state index is 12.0. The van der Waals surface area contributed by atoms with Gasteiger partial charge < -0.3 is 20.1 Å². The van der Waals surface area contributed by atoms with E-state index in [-0.39, 0.29) is 30.0 Å². The van der Waals surface area contributed by atoms with Gasteiger partial charge in [-0.15, -0.1) is 0 Å². The summed E-state index contributed by atoms with van der Waals surface area (Å²) < 4.78 is 10.8. The number of hydrogen-bond acceptors (Lipinski definition) is 5. The minimum Gasteiger partial charge on any atom is -0.491 e. The molecule has 30 heavy (non-hydrogen) atoms.